The van der Waals surface area contributed by atoms with Crippen LogP contribution >= 0.6 is 0 Å². The van der Waals surface area contributed by atoms with Crippen molar-refractivity contribution in [2.75, 3.05) is 13.1 Å². The van der Waals surface area contributed by atoms with E-state index in [-0.39, 0.29) is 5.91 Å². The third kappa shape index (κ3) is 4.68. The van der Waals surface area contributed by atoms with Crippen LogP contribution in [0.25, 0.3) is 6.08 Å². The first-order valence-corrected chi connectivity index (χ1v) is 9.90. The molecule has 27 heavy (non-hydrogen) atoms. The molecule has 0 saturated carbocycles. The van der Waals surface area contributed by atoms with E-state index >= 15 is 0 Å². The fraction of sp³-hybridized carbons (Fsp3) is 0.478. The lowest BCUT2D eigenvalue weighted by Crippen LogP contribution is -2.41. The number of amides is 1. The molecule has 1 fully saturated rings. The van der Waals surface area contributed by atoms with Crippen molar-refractivity contribution in [3.63, 3.8) is 0 Å². The van der Waals surface area contributed by atoms with Gasteiger partial charge in [0.05, 0.1) is 12.2 Å². The summed E-state index contributed by atoms with van der Waals surface area (Å²) in [4.78, 5) is 14.6. The van der Waals surface area contributed by atoms with E-state index in [0.29, 0.717) is 11.8 Å². The van der Waals surface area contributed by atoms with Crippen LogP contribution in [-0.4, -0.2) is 33.7 Å². The van der Waals surface area contributed by atoms with E-state index in [0.717, 1.165) is 36.6 Å². The minimum absolute atomic E-state index is 0.110. The van der Waals surface area contributed by atoms with Gasteiger partial charge >= 0.3 is 0 Å². The van der Waals surface area contributed by atoms with E-state index in [1.54, 1.807) is 6.08 Å². The van der Waals surface area contributed by atoms with Crippen molar-refractivity contribution in [2.24, 2.45) is 11.8 Å². The molecule has 3 rings (SSSR count). The Bertz CT molecular complexity index is 822. The molecule has 1 aromatic carbocycles. The molecule has 0 radical (unpaired) electrons. The fourth-order valence-electron chi connectivity index (χ4n) is 4.08. The Kier molecular flexibility index (Phi) is 5.83. The van der Waals surface area contributed by atoms with Gasteiger partial charge in [-0.2, -0.15) is 5.10 Å². The summed E-state index contributed by atoms with van der Waals surface area (Å²) in [7, 11) is 0. The molecule has 0 N–H and O–H groups in total. The van der Waals surface area contributed by atoms with Gasteiger partial charge in [0.25, 0.3) is 0 Å². The highest BCUT2D eigenvalue weighted by Gasteiger charge is 2.24. The first kappa shape index (κ1) is 19.4. The van der Waals surface area contributed by atoms with E-state index in [4.69, 9.17) is 0 Å². The number of hydrogen-bond donors (Lipinski definition) is 0. The van der Waals surface area contributed by atoms with E-state index < -0.39 is 0 Å². The molecule has 0 bridgehead atoms. The average molecular weight is 366 g/mol. The Morgan fingerprint density at radius 3 is 2.37 bits per heavy atom. The summed E-state index contributed by atoms with van der Waals surface area (Å²) in [6, 6.07) is 8.54. The number of likely N-dealkylation sites (tertiary alicyclic amines) is 1. The highest BCUT2D eigenvalue weighted by atomic mass is 16.2. The van der Waals surface area contributed by atoms with Gasteiger partial charge < -0.3 is 4.90 Å². The van der Waals surface area contributed by atoms with Gasteiger partial charge in [0, 0.05) is 30.4 Å². The second-order valence-corrected chi connectivity index (χ2v) is 8.25. The predicted octanol–water partition coefficient (Wildman–Crippen LogP) is 4.37. The zero-order chi connectivity index (χ0) is 19.6. The largest absolute Gasteiger partial charge is 0.339 e. The molecular weight excluding hydrogens is 334 g/mol. The second kappa shape index (κ2) is 8.12. The van der Waals surface area contributed by atoms with Crippen molar-refractivity contribution in [3.8, 4) is 0 Å². The second-order valence-electron chi connectivity index (χ2n) is 8.25. The molecule has 1 saturated heterocycles. The zero-order valence-corrected chi connectivity index (χ0v) is 17.2. The van der Waals surface area contributed by atoms with Crippen molar-refractivity contribution >= 4 is 12.0 Å². The van der Waals surface area contributed by atoms with Crippen LogP contribution in [0, 0.1) is 32.6 Å². The summed E-state index contributed by atoms with van der Waals surface area (Å²) in [6.45, 7) is 13.1. The van der Waals surface area contributed by atoms with Crippen LogP contribution in [-0.2, 0) is 11.3 Å². The first-order chi connectivity index (χ1) is 12.8. The third-order valence-corrected chi connectivity index (χ3v) is 5.46. The molecule has 0 aliphatic carbocycles. The summed E-state index contributed by atoms with van der Waals surface area (Å²) in [5, 5.41) is 4.68. The monoisotopic (exact) mass is 365 g/mol. The molecule has 2 heterocycles. The maximum Gasteiger partial charge on any atom is 0.246 e. The lowest BCUT2D eigenvalue weighted by molar-refractivity contribution is -0.128. The van der Waals surface area contributed by atoms with Crippen molar-refractivity contribution < 1.29 is 4.79 Å². The summed E-state index contributed by atoms with van der Waals surface area (Å²) in [5.41, 5.74) is 5.60. The number of carbonyl (C=O) groups is 1. The van der Waals surface area contributed by atoms with Crippen LogP contribution in [0.5, 0.6) is 0 Å². The van der Waals surface area contributed by atoms with Gasteiger partial charge in [0.15, 0.2) is 0 Å². The summed E-state index contributed by atoms with van der Waals surface area (Å²) in [6.07, 6.45) is 4.87. The number of nitrogens with zero attached hydrogens (tertiary/aromatic N) is 3. The lowest BCUT2D eigenvalue weighted by Gasteiger charge is -2.34. The van der Waals surface area contributed by atoms with Gasteiger partial charge in [-0.3, -0.25) is 9.48 Å². The van der Waals surface area contributed by atoms with E-state index in [1.807, 2.05) is 22.6 Å². The van der Waals surface area contributed by atoms with Crippen molar-refractivity contribution in [3.05, 3.63) is 58.4 Å². The Balaban J connectivity index is 1.73. The number of benzene rings is 1. The average Bonchev–Trinajstić information content (AvgIpc) is 2.87. The molecule has 1 aliphatic heterocycles. The number of aromatic nitrogens is 2. The SMILES string of the molecule is Cc1ccc(Cn2nc(C)c(/C=C/C(=O)N3CC(C)CC(C)C3)c2C)cc1. The van der Waals surface area contributed by atoms with E-state index in [9.17, 15) is 4.79 Å². The van der Waals surface area contributed by atoms with Crippen LogP contribution in [0.1, 0.15) is 48.3 Å². The number of piperidine rings is 1. The Morgan fingerprint density at radius 1 is 1.11 bits per heavy atom. The Morgan fingerprint density at radius 2 is 1.74 bits per heavy atom. The normalized spacial score (nSPS) is 20.4. The first-order valence-electron chi connectivity index (χ1n) is 9.90. The van der Waals surface area contributed by atoms with Crippen LogP contribution < -0.4 is 0 Å². The number of rotatable bonds is 4. The van der Waals surface area contributed by atoms with Gasteiger partial charge in [-0.25, -0.2) is 0 Å². The highest BCUT2D eigenvalue weighted by molar-refractivity contribution is 5.92. The van der Waals surface area contributed by atoms with Gasteiger partial charge in [-0.15, -0.1) is 0 Å². The minimum atomic E-state index is 0.110. The summed E-state index contributed by atoms with van der Waals surface area (Å²) < 4.78 is 2.02. The summed E-state index contributed by atoms with van der Waals surface area (Å²) in [5.74, 6) is 1.26. The van der Waals surface area contributed by atoms with Crippen molar-refractivity contribution in [1.82, 2.24) is 14.7 Å². The standard InChI is InChI=1S/C23H31N3O/c1-16-6-8-21(9-7-16)15-26-20(5)22(19(4)24-26)10-11-23(27)25-13-17(2)12-18(3)14-25/h6-11,17-18H,12-15H2,1-5H3/b11-10+. The molecule has 2 atom stereocenters. The lowest BCUT2D eigenvalue weighted by atomic mass is 9.92. The smallest absolute Gasteiger partial charge is 0.246 e. The molecule has 2 unspecified atom stereocenters. The minimum Gasteiger partial charge on any atom is -0.339 e. The molecule has 0 spiro atoms. The van der Waals surface area contributed by atoms with Gasteiger partial charge in [0.1, 0.15) is 0 Å². The third-order valence-electron chi connectivity index (χ3n) is 5.46. The van der Waals surface area contributed by atoms with Crippen LogP contribution in [0.3, 0.4) is 0 Å². The molecule has 144 valence electrons. The maximum absolute atomic E-state index is 12.6. The quantitative estimate of drug-likeness (QED) is 0.755. The van der Waals surface area contributed by atoms with Crippen LogP contribution in [0.15, 0.2) is 30.3 Å². The molecule has 1 aliphatic rings. The Hall–Kier alpha value is -2.36. The van der Waals surface area contributed by atoms with Gasteiger partial charge in [-0.1, -0.05) is 43.7 Å². The highest BCUT2D eigenvalue weighted by Crippen LogP contribution is 2.22. The predicted molar refractivity (Wildman–Crippen MR) is 111 cm³/mol. The fourth-order valence-corrected chi connectivity index (χ4v) is 4.08. The van der Waals surface area contributed by atoms with Gasteiger partial charge in [0.2, 0.25) is 5.91 Å². The van der Waals surface area contributed by atoms with E-state index in [1.165, 1.54) is 17.5 Å². The molecule has 1 amide bonds. The Labute approximate surface area is 162 Å². The topological polar surface area (TPSA) is 38.1 Å². The number of carbonyl (C=O) groups excluding carboxylic acids is 1. The molecule has 2 aromatic rings. The number of aryl methyl sites for hydroxylation is 2. The zero-order valence-electron chi connectivity index (χ0n) is 17.2. The number of hydrogen-bond acceptors (Lipinski definition) is 2. The van der Waals surface area contributed by atoms with Crippen molar-refractivity contribution in [2.45, 2.75) is 47.6 Å². The van der Waals surface area contributed by atoms with E-state index in [2.05, 4.69) is 57.1 Å². The summed E-state index contributed by atoms with van der Waals surface area (Å²) >= 11 is 0. The molecule has 4 heteroatoms. The van der Waals surface area contributed by atoms with Crippen molar-refractivity contribution in [1.29, 1.82) is 0 Å². The molecule has 1 aromatic heterocycles. The van der Waals surface area contributed by atoms with Crippen LogP contribution in [0.4, 0.5) is 0 Å². The molecule has 4 nitrogen and oxygen atoms in total. The maximum atomic E-state index is 12.6. The van der Waals surface area contributed by atoms with Crippen LogP contribution in [0.2, 0.25) is 0 Å². The van der Waals surface area contributed by atoms with Gasteiger partial charge in [-0.05, 0) is 50.7 Å². The molecular formula is C23H31N3O.